The van der Waals surface area contributed by atoms with Crippen LogP contribution in [-0.4, -0.2) is 0 Å². The van der Waals surface area contributed by atoms with Gasteiger partial charge in [0, 0.05) is 16.3 Å². The molecular formula is C43H29F3O. The third kappa shape index (κ3) is 4.39. The first-order chi connectivity index (χ1) is 22.8. The molecule has 0 amide bonds. The highest BCUT2D eigenvalue weighted by atomic mass is 19.4. The summed E-state index contributed by atoms with van der Waals surface area (Å²) in [6.45, 7) is 7.62. The summed E-state index contributed by atoms with van der Waals surface area (Å²) >= 11 is 0. The van der Waals surface area contributed by atoms with Crippen LogP contribution in [0.3, 0.4) is 0 Å². The van der Waals surface area contributed by atoms with Crippen molar-refractivity contribution in [1.29, 1.82) is 0 Å². The molecule has 4 heteroatoms. The summed E-state index contributed by atoms with van der Waals surface area (Å²) in [5, 5.41) is 7.34. The van der Waals surface area contributed by atoms with Crippen LogP contribution in [0.4, 0.5) is 13.2 Å². The van der Waals surface area contributed by atoms with Crippen molar-refractivity contribution in [2.45, 2.75) is 20.0 Å². The second-order valence-electron chi connectivity index (χ2n) is 12.0. The molecule has 1 heterocycles. The lowest BCUT2D eigenvalue weighted by Gasteiger charge is -2.21. The first-order valence-corrected chi connectivity index (χ1v) is 15.6. The molecule has 0 unspecified atom stereocenters. The summed E-state index contributed by atoms with van der Waals surface area (Å²) in [5.74, 6) is 0. The van der Waals surface area contributed by atoms with Gasteiger partial charge in [-0.1, -0.05) is 122 Å². The Hall–Kier alpha value is -5.61. The van der Waals surface area contributed by atoms with E-state index in [9.17, 15) is 13.2 Å². The first kappa shape index (κ1) is 28.8. The van der Waals surface area contributed by atoms with Gasteiger partial charge in [0.2, 0.25) is 0 Å². The Bertz CT molecular complexity index is 2540. The maximum atomic E-state index is 14.6. The van der Waals surface area contributed by atoms with Crippen LogP contribution in [0.25, 0.3) is 82.6 Å². The third-order valence-corrected chi connectivity index (χ3v) is 9.45. The molecule has 0 saturated carbocycles. The Morgan fingerprint density at radius 3 is 1.79 bits per heavy atom. The van der Waals surface area contributed by atoms with Crippen LogP contribution >= 0.6 is 0 Å². The molecule has 0 aliphatic carbocycles. The molecule has 0 spiro atoms. The molecule has 0 aliphatic heterocycles. The minimum absolute atomic E-state index is 0.125. The molecule has 0 aliphatic rings. The number of hydrogen-bond donors (Lipinski definition) is 0. The zero-order chi connectivity index (χ0) is 32.4. The molecule has 1 aromatic heterocycles. The molecule has 0 N–H and O–H groups in total. The zero-order valence-electron chi connectivity index (χ0n) is 25.9. The first-order valence-electron chi connectivity index (χ1n) is 15.6. The van der Waals surface area contributed by atoms with E-state index >= 15 is 0 Å². The Kier molecular flexibility index (Phi) is 6.59. The number of furan rings is 1. The van der Waals surface area contributed by atoms with E-state index in [2.05, 4.69) is 74.2 Å². The van der Waals surface area contributed by atoms with E-state index in [-0.39, 0.29) is 10.9 Å². The van der Waals surface area contributed by atoms with Crippen LogP contribution in [0.1, 0.15) is 22.3 Å². The summed E-state index contributed by atoms with van der Waals surface area (Å²) < 4.78 is 50.5. The van der Waals surface area contributed by atoms with Crippen molar-refractivity contribution in [3.8, 4) is 22.3 Å². The molecule has 0 saturated heterocycles. The standard InChI is InChI=1S/C43H29F3O/c1-4-5-13-30-26(3)39(33-18-10-11-19-34(33)41(30)43(44,45)46)36-21-12-20-35-37-24-27(22-23-38(37)47-42(35)36)40-31-16-8-6-14-28(31)25(2)29-15-7-9-17-32(29)40/h4-24H,1H2,2-3H3/b13-5-. The second-order valence-corrected chi connectivity index (χ2v) is 12.0. The average molecular weight is 619 g/mol. The van der Waals surface area contributed by atoms with Gasteiger partial charge in [-0.3, -0.25) is 0 Å². The van der Waals surface area contributed by atoms with Crippen LogP contribution in [0.5, 0.6) is 0 Å². The van der Waals surface area contributed by atoms with E-state index in [0.29, 0.717) is 16.5 Å². The van der Waals surface area contributed by atoms with Gasteiger partial charge in [-0.25, -0.2) is 0 Å². The van der Waals surface area contributed by atoms with Gasteiger partial charge in [-0.2, -0.15) is 13.2 Å². The van der Waals surface area contributed by atoms with Crippen LogP contribution in [-0.2, 0) is 6.18 Å². The highest BCUT2D eigenvalue weighted by Crippen LogP contribution is 2.47. The van der Waals surface area contributed by atoms with Crippen molar-refractivity contribution in [1.82, 2.24) is 0 Å². The number of hydrogen-bond acceptors (Lipinski definition) is 1. The quantitative estimate of drug-likeness (QED) is 0.141. The Labute approximate surface area is 269 Å². The Morgan fingerprint density at radius 1 is 0.596 bits per heavy atom. The second kappa shape index (κ2) is 10.7. The highest BCUT2D eigenvalue weighted by Gasteiger charge is 2.37. The zero-order valence-corrected chi connectivity index (χ0v) is 25.9. The molecule has 0 bridgehead atoms. The molecule has 1 nitrogen and oxygen atoms in total. The molecule has 7 aromatic carbocycles. The van der Waals surface area contributed by atoms with Gasteiger partial charge < -0.3 is 4.42 Å². The molecular weight excluding hydrogens is 589 g/mol. The van der Waals surface area contributed by atoms with Crippen LogP contribution in [0, 0.1) is 13.8 Å². The normalized spacial score (nSPS) is 12.4. The minimum atomic E-state index is -4.55. The van der Waals surface area contributed by atoms with E-state index < -0.39 is 11.7 Å². The van der Waals surface area contributed by atoms with E-state index in [1.54, 1.807) is 37.3 Å². The average Bonchev–Trinajstić information content (AvgIpc) is 3.45. The molecule has 228 valence electrons. The van der Waals surface area contributed by atoms with E-state index in [1.165, 1.54) is 39.3 Å². The molecule has 0 atom stereocenters. The monoisotopic (exact) mass is 618 g/mol. The molecule has 47 heavy (non-hydrogen) atoms. The van der Waals surface area contributed by atoms with Crippen molar-refractivity contribution in [3.05, 3.63) is 150 Å². The van der Waals surface area contributed by atoms with Gasteiger partial charge >= 0.3 is 6.18 Å². The van der Waals surface area contributed by atoms with Gasteiger partial charge in [-0.05, 0) is 91.7 Å². The minimum Gasteiger partial charge on any atom is -0.455 e. The topological polar surface area (TPSA) is 13.1 Å². The summed E-state index contributed by atoms with van der Waals surface area (Å²) in [6.07, 6.45) is 0.00256. The predicted molar refractivity (Wildman–Crippen MR) is 191 cm³/mol. The molecule has 8 aromatic rings. The van der Waals surface area contributed by atoms with Gasteiger partial charge in [0.1, 0.15) is 11.2 Å². The molecule has 8 rings (SSSR count). The van der Waals surface area contributed by atoms with Crippen molar-refractivity contribution in [2.24, 2.45) is 0 Å². The van der Waals surface area contributed by atoms with Crippen molar-refractivity contribution >= 4 is 60.3 Å². The summed E-state index contributed by atoms with van der Waals surface area (Å²) in [4.78, 5) is 0. The number of benzene rings is 7. The highest BCUT2D eigenvalue weighted by molar-refractivity contribution is 6.18. The van der Waals surface area contributed by atoms with E-state index in [4.69, 9.17) is 4.42 Å². The fraction of sp³-hybridized carbons (Fsp3) is 0.0698. The van der Waals surface area contributed by atoms with Crippen molar-refractivity contribution in [3.63, 3.8) is 0 Å². The number of aryl methyl sites for hydroxylation is 1. The van der Waals surface area contributed by atoms with Gasteiger partial charge in [0.15, 0.2) is 0 Å². The summed E-state index contributed by atoms with van der Waals surface area (Å²) in [5.41, 5.74) is 6.33. The van der Waals surface area contributed by atoms with Crippen LogP contribution in [0.2, 0.25) is 0 Å². The Balaban J connectivity index is 1.43. The molecule has 0 radical (unpaired) electrons. The number of para-hydroxylation sites is 1. The van der Waals surface area contributed by atoms with E-state index in [1.807, 2.05) is 24.3 Å². The number of allylic oxidation sites excluding steroid dienone is 2. The maximum Gasteiger partial charge on any atom is 0.417 e. The number of rotatable bonds is 4. The lowest BCUT2D eigenvalue weighted by Crippen LogP contribution is -2.11. The Morgan fingerprint density at radius 2 is 1.17 bits per heavy atom. The van der Waals surface area contributed by atoms with Gasteiger partial charge in [-0.15, -0.1) is 0 Å². The maximum absolute atomic E-state index is 14.6. The van der Waals surface area contributed by atoms with Gasteiger partial charge in [0.05, 0.1) is 5.56 Å². The molecule has 0 fully saturated rings. The number of fused-ring (bicyclic) bond motifs is 6. The number of halogens is 3. The van der Waals surface area contributed by atoms with Gasteiger partial charge in [0.25, 0.3) is 0 Å². The van der Waals surface area contributed by atoms with Crippen molar-refractivity contribution < 1.29 is 17.6 Å². The summed E-state index contributed by atoms with van der Waals surface area (Å²) in [6, 6.07) is 36.0. The van der Waals surface area contributed by atoms with Crippen LogP contribution < -0.4 is 0 Å². The SMILES string of the molecule is C=C/C=C\c1c(C)c(-c2cccc3c2oc2ccc(-c4c5ccccc5c(C)c5ccccc45)cc23)c2ccccc2c1C(F)(F)F. The predicted octanol–water partition coefficient (Wildman–Crippen LogP) is 13.2. The lowest BCUT2D eigenvalue weighted by molar-refractivity contribution is -0.136. The van der Waals surface area contributed by atoms with Crippen LogP contribution in [0.15, 0.2) is 132 Å². The lowest BCUT2D eigenvalue weighted by atomic mass is 9.85. The fourth-order valence-corrected chi connectivity index (χ4v) is 7.42. The number of alkyl halides is 3. The van der Waals surface area contributed by atoms with Crippen molar-refractivity contribution in [2.75, 3.05) is 0 Å². The fourth-order valence-electron chi connectivity index (χ4n) is 7.42. The smallest absolute Gasteiger partial charge is 0.417 e. The summed E-state index contributed by atoms with van der Waals surface area (Å²) in [7, 11) is 0. The largest absolute Gasteiger partial charge is 0.455 e. The third-order valence-electron chi connectivity index (χ3n) is 9.45. The van der Waals surface area contributed by atoms with E-state index in [0.717, 1.165) is 38.6 Å².